The van der Waals surface area contributed by atoms with E-state index in [-0.39, 0.29) is 17.5 Å². The zero-order chi connectivity index (χ0) is 18.8. The van der Waals surface area contributed by atoms with E-state index in [4.69, 9.17) is 25.8 Å². The van der Waals surface area contributed by atoms with Crippen molar-refractivity contribution < 1.29 is 22.6 Å². The van der Waals surface area contributed by atoms with Gasteiger partial charge in [0.05, 0.1) is 35.8 Å². The molecule has 26 heavy (non-hydrogen) atoms. The smallest absolute Gasteiger partial charge is 0.179 e. The SMILES string of the molecule is CCOc1cc(CN[C@H]2CCO[C@@]3(CCS(=O)(=O)C3)C2)cc(Cl)c1OC. The van der Waals surface area contributed by atoms with Crippen LogP contribution in [0.4, 0.5) is 0 Å². The van der Waals surface area contributed by atoms with Crippen molar-refractivity contribution in [3.63, 3.8) is 0 Å². The number of methoxy groups -OCH3 is 1. The van der Waals surface area contributed by atoms with Crippen molar-refractivity contribution in [3.8, 4) is 11.5 Å². The number of benzene rings is 1. The lowest BCUT2D eigenvalue weighted by atomic mass is 9.90. The van der Waals surface area contributed by atoms with E-state index in [1.54, 1.807) is 7.11 Å². The highest BCUT2D eigenvalue weighted by molar-refractivity contribution is 7.91. The van der Waals surface area contributed by atoms with Gasteiger partial charge in [0, 0.05) is 19.2 Å². The molecule has 0 unspecified atom stereocenters. The van der Waals surface area contributed by atoms with Gasteiger partial charge in [0.15, 0.2) is 21.3 Å². The van der Waals surface area contributed by atoms with Crippen LogP contribution in [0.1, 0.15) is 31.7 Å². The maximum Gasteiger partial charge on any atom is 0.179 e. The highest BCUT2D eigenvalue weighted by Gasteiger charge is 2.46. The first-order valence-corrected chi connectivity index (χ1v) is 11.1. The molecule has 0 aromatic heterocycles. The molecule has 6 nitrogen and oxygen atoms in total. The van der Waals surface area contributed by atoms with Gasteiger partial charge in [-0.3, -0.25) is 0 Å². The second kappa shape index (κ2) is 7.92. The Morgan fingerprint density at radius 3 is 2.88 bits per heavy atom. The average molecular weight is 404 g/mol. The van der Waals surface area contributed by atoms with Crippen LogP contribution in [0.5, 0.6) is 11.5 Å². The zero-order valence-corrected chi connectivity index (χ0v) is 16.8. The summed E-state index contributed by atoms with van der Waals surface area (Å²) in [5, 5.41) is 4.04. The van der Waals surface area contributed by atoms with Gasteiger partial charge < -0.3 is 19.5 Å². The number of halogens is 1. The van der Waals surface area contributed by atoms with E-state index in [9.17, 15) is 8.42 Å². The van der Waals surface area contributed by atoms with Gasteiger partial charge in [-0.15, -0.1) is 0 Å². The predicted molar refractivity (Wildman–Crippen MR) is 101 cm³/mol. The summed E-state index contributed by atoms with van der Waals surface area (Å²) < 4.78 is 40.5. The molecule has 0 bridgehead atoms. The van der Waals surface area contributed by atoms with Crippen LogP contribution in [0.25, 0.3) is 0 Å². The maximum atomic E-state index is 11.8. The zero-order valence-electron chi connectivity index (χ0n) is 15.2. The monoisotopic (exact) mass is 403 g/mol. The van der Waals surface area contributed by atoms with E-state index in [0.717, 1.165) is 12.0 Å². The molecule has 146 valence electrons. The fourth-order valence-corrected chi connectivity index (χ4v) is 6.09. The van der Waals surface area contributed by atoms with Gasteiger partial charge in [0.25, 0.3) is 0 Å². The van der Waals surface area contributed by atoms with Crippen LogP contribution < -0.4 is 14.8 Å². The Morgan fingerprint density at radius 1 is 1.42 bits per heavy atom. The molecule has 1 aromatic rings. The number of rotatable bonds is 6. The molecule has 2 aliphatic heterocycles. The normalized spacial score (nSPS) is 27.6. The molecule has 1 N–H and O–H groups in total. The van der Waals surface area contributed by atoms with E-state index in [1.165, 1.54) is 0 Å². The Morgan fingerprint density at radius 2 is 2.23 bits per heavy atom. The van der Waals surface area contributed by atoms with Gasteiger partial charge in [0.2, 0.25) is 0 Å². The molecule has 0 radical (unpaired) electrons. The summed E-state index contributed by atoms with van der Waals surface area (Å²) in [5.41, 5.74) is 0.488. The first-order valence-electron chi connectivity index (χ1n) is 8.93. The molecule has 2 aliphatic rings. The van der Waals surface area contributed by atoms with Gasteiger partial charge >= 0.3 is 0 Å². The molecule has 8 heteroatoms. The van der Waals surface area contributed by atoms with Gasteiger partial charge in [-0.2, -0.15) is 0 Å². The predicted octanol–water partition coefficient (Wildman–Crippen LogP) is 2.57. The quantitative estimate of drug-likeness (QED) is 0.786. The molecule has 1 aromatic carbocycles. The molecule has 0 aliphatic carbocycles. The standard InChI is InChI=1S/C18H26ClNO5S/c1-3-24-16-9-13(8-15(19)17(16)23-2)11-20-14-4-6-25-18(10-14)5-7-26(21,22)12-18/h8-9,14,20H,3-7,10-12H2,1-2H3/t14-,18-/m0/s1. The van der Waals surface area contributed by atoms with Crippen molar-refractivity contribution in [2.24, 2.45) is 0 Å². The molecule has 0 amide bonds. The van der Waals surface area contributed by atoms with Gasteiger partial charge in [0.1, 0.15) is 0 Å². The fourth-order valence-electron chi connectivity index (χ4n) is 3.81. The first kappa shape index (κ1) is 19.7. The summed E-state index contributed by atoms with van der Waals surface area (Å²) in [5.74, 6) is 1.54. The van der Waals surface area contributed by atoms with Crippen molar-refractivity contribution >= 4 is 21.4 Å². The Balaban J connectivity index is 1.65. The van der Waals surface area contributed by atoms with Crippen molar-refractivity contribution in [3.05, 3.63) is 22.7 Å². The first-order chi connectivity index (χ1) is 12.4. The lowest BCUT2D eigenvalue weighted by Gasteiger charge is -2.37. The van der Waals surface area contributed by atoms with Crippen molar-refractivity contribution in [2.45, 2.75) is 44.4 Å². The third kappa shape index (κ3) is 4.44. The van der Waals surface area contributed by atoms with Crippen LogP contribution in [0.2, 0.25) is 5.02 Å². The summed E-state index contributed by atoms with van der Waals surface area (Å²) >= 11 is 6.30. The van der Waals surface area contributed by atoms with Gasteiger partial charge in [-0.05, 0) is 43.9 Å². The van der Waals surface area contributed by atoms with Crippen LogP contribution >= 0.6 is 11.6 Å². The van der Waals surface area contributed by atoms with Crippen LogP contribution in [-0.2, 0) is 21.1 Å². The number of nitrogens with one attached hydrogen (secondary N) is 1. The Kier molecular flexibility index (Phi) is 6.01. The summed E-state index contributed by atoms with van der Waals surface area (Å²) in [7, 11) is -1.40. The molecule has 3 rings (SSSR count). The minimum Gasteiger partial charge on any atom is -0.491 e. The lowest BCUT2D eigenvalue weighted by Crippen LogP contribution is -2.47. The minimum absolute atomic E-state index is 0.140. The van der Waals surface area contributed by atoms with Crippen LogP contribution in [0.3, 0.4) is 0 Å². The summed E-state index contributed by atoms with van der Waals surface area (Å²) in [6, 6.07) is 4.01. The number of hydrogen-bond acceptors (Lipinski definition) is 6. The molecular weight excluding hydrogens is 378 g/mol. The molecular formula is C18H26ClNO5S. The van der Waals surface area contributed by atoms with Crippen LogP contribution in [-0.4, -0.2) is 51.9 Å². The highest BCUT2D eigenvalue weighted by Crippen LogP contribution is 2.37. The number of ether oxygens (including phenoxy) is 3. The number of hydrogen-bond donors (Lipinski definition) is 1. The van der Waals surface area contributed by atoms with E-state index >= 15 is 0 Å². The topological polar surface area (TPSA) is 73.9 Å². The van der Waals surface area contributed by atoms with E-state index < -0.39 is 15.4 Å². The summed E-state index contributed by atoms with van der Waals surface area (Å²) in [6.07, 6.45) is 2.18. The molecule has 2 heterocycles. The van der Waals surface area contributed by atoms with Crippen molar-refractivity contribution in [1.29, 1.82) is 0 Å². The highest BCUT2D eigenvalue weighted by atomic mass is 35.5. The lowest BCUT2D eigenvalue weighted by molar-refractivity contribution is -0.0705. The second-order valence-electron chi connectivity index (χ2n) is 6.99. The Bertz CT molecular complexity index is 754. The largest absolute Gasteiger partial charge is 0.491 e. The third-order valence-corrected chi connectivity index (χ3v) is 7.09. The molecule has 2 saturated heterocycles. The van der Waals surface area contributed by atoms with Crippen molar-refractivity contribution in [1.82, 2.24) is 5.32 Å². The van der Waals surface area contributed by atoms with E-state index in [1.807, 2.05) is 19.1 Å². The van der Waals surface area contributed by atoms with E-state index in [2.05, 4.69) is 5.32 Å². The molecule has 0 saturated carbocycles. The van der Waals surface area contributed by atoms with Crippen LogP contribution in [0.15, 0.2) is 12.1 Å². The Labute approximate surface area is 160 Å². The Hall–Kier alpha value is -1.02. The fraction of sp³-hybridized carbons (Fsp3) is 0.667. The minimum atomic E-state index is -2.97. The average Bonchev–Trinajstić information content (AvgIpc) is 2.87. The van der Waals surface area contributed by atoms with E-state index in [0.29, 0.717) is 49.1 Å². The van der Waals surface area contributed by atoms with Crippen molar-refractivity contribution in [2.75, 3.05) is 31.8 Å². The van der Waals surface area contributed by atoms with Crippen LogP contribution in [0, 0.1) is 0 Å². The maximum absolute atomic E-state index is 11.8. The van der Waals surface area contributed by atoms with Gasteiger partial charge in [-0.1, -0.05) is 11.6 Å². The molecule has 1 spiro atoms. The summed E-state index contributed by atoms with van der Waals surface area (Å²) in [6.45, 7) is 3.65. The molecule has 2 fully saturated rings. The second-order valence-corrected chi connectivity index (χ2v) is 9.58. The third-order valence-electron chi connectivity index (χ3n) is 5.01. The molecule has 2 atom stereocenters. The summed E-state index contributed by atoms with van der Waals surface area (Å²) in [4.78, 5) is 0. The number of sulfone groups is 1. The van der Waals surface area contributed by atoms with Gasteiger partial charge in [-0.25, -0.2) is 8.42 Å².